The molecule has 0 saturated carbocycles. The van der Waals surface area contributed by atoms with Gasteiger partial charge in [0, 0.05) is 23.5 Å². The molecule has 8 rings (SSSR count). The molecule has 48 heavy (non-hydrogen) atoms. The number of rotatable bonds is 5. The van der Waals surface area contributed by atoms with Crippen LogP contribution in [0.5, 0.6) is 0 Å². The van der Waals surface area contributed by atoms with E-state index in [1.165, 1.54) is 32.7 Å². The molecule has 222 valence electrons. The van der Waals surface area contributed by atoms with Crippen molar-refractivity contribution in [1.82, 2.24) is 9.97 Å². The van der Waals surface area contributed by atoms with Crippen LogP contribution in [0.1, 0.15) is 11.1 Å². The van der Waals surface area contributed by atoms with E-state index in [4.69, 9.17) is 0 Å². The van der Waals surface area contributed by atoms with Gasteiger partial charge in [-0.2, -0.15) is 10.5 Å². The maximum atomic E-state index is 9.40. The summed E-state index contributed by atoms with van der Waals surface area (Å²) in [5.41, 5.74) is 11.5. The summed E-state index contributed by atoms with van der Waals surface area (Å²) >= 11 is 0. The van der Waals surface area contributed by atoms with Crippen molar-refractivity contribution in [2.75, 3.05) is 0 Å². The van der Waals surface area contributed by atoms with E-state index in [-0.39, 0.29) is 0 Å². The Labute approximate surface area is 278 Å². The van der Waals surface area contributed by atoms with Crippen LogP contribution in [-0.2, 0) is 0 Å². The van der Waals surface area contributed by atoms with Gasteiger partial charge in [0.15, 0.2) is 0 Å². The SMILES string of the molecule is N#Cc1ccnc(-c2cccc(-c3ccc(-c4ccc(-c5cccc(-c6cc(C#N)ccn6)c5)c5ccccc45)c4ccccc34)c2)c1. The van der Waals surface area contributed by atoms with Crippen LogP contribution in [-0.4, -0.2) is 9.97 Å². The zero-order chi connectivity index (χ0) is 32.5. The Kier molecular flexibility index (Phi) is 7.23. The molecular formula is C44H26N4. The van der Waals surface area contributed by atoms with Crippen LogP contribution in [0.15, 0.2) is 158 Å². The number of nitrogens with zero attached hydrogens (tertiary/aromatic N) is 4. The van der Waals surface area contributed by atoms with Gasteiger partial charge in [-0.15, -0.1) is 0 Å². The van der Waals surface area contributed by atoms with E-state index < -0.39 is 0 Å². The second-order valence-electron chi connectivity index (χ2n) is 11.7. The molecule has 0 spiro atoms. The zero-order valence-corrected chi connectivity index (χ0v) is 25.8. The first-order chi connectivity index (χ1) is 23.7. The normalized spacial score (nSPS) is 10.9. The Morgan fingerprint density at radius 1 is 0.354 bits per heavy atom. The predicted molar refractivity (Wildman–Crippen MR) is 194 cm³/mol. The van der Waals surface area contributed by atoms with E-state index in [9.17, 15) is 10.5 Å². The molecule has 0 aliphatic carbocycles. The highest BCUT2D eigenvalue weighted by atomic mass is 14.7. The first kappa shape index (κ1) is 28.6. The van der Waals surface area contributed by atoms with Crippen LogP contribution < -0.4 is 0 Å². The fourth-order valence-corrected chi connectivity index (χ4v) is 6.58. The van der Waals surface area contributed by atoms with Crippen LogP contribution in [0.3, 0.4) is 0 Å². The molecule has 4 heteroatoms. The summed E-state index contributed by atoms with van der Waals surface area (Å²) < 4.78 is 0. The van der Waals surface area contributed by atoms with Crippen molar-refractivity contribution in [3.05, 3.63) is 169 Å². The third-order valence-electron chi connectivity index (χ3n) is 8.86. The highest BCUT2D eigenvalue weighted by Crippen LogP contribution is 2.41. The van der Waals surface area contributed by atoms with E-state index in [1.54, 1.807) is 24.5 Å². The minimum Gasteiger partial charge on any atom is -0.256 e. The van der Waals surface area contributed by atoms with Crippen molar-refractivity contribution in [3.8, 4) is 68.0 Å². The van der Waals surface area contributed by atoms with Gasteiger partial charge in [0.1, 0.15) is 0 Å². The lowest BCUT2D eigenvalue weighted by Crippen LogP contribution is -1.90. The Bertz CT molecular complexity index is 2420. The molecule has 2 heterocycles. The van der Waals surface area contributed by atoms with E-state index >= 15 is 0 Å². The minimum absolute atomic E-state index is 0.591. The lowest BCUT2D eigenvalue weighted by molar-refractivity contribution is 1.31. The van der Waals surface area contributed by atoms with Gasteiger partial charge >= 0.3 is 0 Å². The molecule has 0 unspecified atom stereocenters. The number of hydrogen-bond acceptors (Lipinski definition) is 4. The third kappa shape index (κ3) is 5.14. The van der Waals surface area contributed by atoms with Crippen molar-refractivity contribution >= 4 is 21.5 Å². The Hall–Kier alpha value is -6.88. The van der Waals surface area contributed by atoms with E-state index in [1.807, 2.05) is 36.4 Å². The molecule has 0 aliphatic heterocycles. The van der Waals surface area contributed by atoms with Crippen molar-refractivity contribution in [3.63, 3.8) is 0 Å². The molecule has 8 aromatic rings. The molecule has 0 N–H and O–H groups in total. The van der Waals surface area contributed by atoms with Gasteiger partial charge in [-0.1, -0.05) is 109 Å². The second-order valence-corrected chi connectivity index (χ2v) is 11.7. The van der Waals surface area contributed by atoms with Crippen molar-refractivity contribution < 1.29 is 0 Å². The first-order valence-electron chi connectivity index (χ1n) is 15.7. The second kappa shape index (κ2) is 12.1. The third-order valence-corrected chi connectivity index (χ3v) is 8.86. The molecule has 0 amide bonds. The quantitative estimate of drug-likeness (QED) is 0.194. The van der Waals surface area contributed by atoms with Crippen LogP contribution in [0.4, 0.5) is 0 Å². The fourth-order valence-electron chi connectivity index (χ4n) is 6.58. The molecule has 6 aromatic carbocycles. The highest BCUT2D eigenvalue weighted by molar-refractivity contribution is 6.12. The summed E-state index contributed by atoms with van der Waals surface area (Å²) in [6, 6.07) is 54.3. The largest absolute Gasteiger partial charge is 0.256 e. The van der Waals surface area contributed by atoms with E-state index in [0.29, 0.717) is 11.1 Å². The first-order valence-corrected chi connectivity index (χ1v) is 15.7. The Balaban J connectivity index is 1.24. The monoisotopic (exact) mass is 610 g/mol. The van der Waals surface area contributed by atoms with Gasteiger partial charge in [-0.25, -0.2) is 0 Å². The minimum atomic E-state index is 0.591. The Morgan fingerprint density at radius 3 is 1.15 bits per heavy atom. The number of hydrogen-bond donors (Lipinski definition) is 0. The van der Waals surface area contributed by atoms with Gasteiger partial charge in [-0.3, -0.25) is 9.97 Å². The topological polar surface area (TPSA) is 73.4 Å². The number of fused-ring (bicyclic) bond motifs is 2. The number of benzene rings is 6. The van der Waals surface area contributed by atoms with Gasteiger partial charge in [0.05, 0.1) is 34.7 Å². The molecule has 0 bridgehead atoms. The smallest absolute Gasteiger partial charge is 0.0992 e. The molecule has 0 fully saturated rings. The molecule has 0 saturated heterocycles. The lowest BCUT2D eigenvalue weighted by atomic mass is 9.87. The molecule has 0 aliphatic rings. The predicted octanol–water partition coefficient (Wildman–Crippen LogP) is 10.9. The maximum Gasteiger partial charge on any atom is 0.0992 e. The molecule has 4 nitrogen and oxygen atoms in total. The summed E-state index contributed by atoms with van der Waals surface area (Å²) in [5, 5.41) is 23.5. The van der Waals surface area contributed by atoms with Gasteiger partial charge in [-0.05, 0) is 91.3 Å². The van der Waals surface area contributed by atoms with Gasteiger partial charge < -0.3 is 0 Å². The average molecular weight is 611 g/mol. The number of pyridine rings is 2. The van der Waals surface area contributed by atoms with Crippen LogP contribution >= 0.6 is 0 Å². The highest BCUT2D eigenvalue weighted by Gasteiger charge is 2.15. The molecule has 0 radical (unpaired) electrons. The van der Waals surface area contributed by atoms with E-state index in [2.05, 4.69) is 119 Å². The fraction of sp³-hybridized carbons (Fsp3) is 0. The van der Waals surface area contributed by atoms with E-state index in [0.717, 1.165) is 44.8 Å². The average Bonchev–Trinajstić information content (AvgIpc) is 3.17. The zero-order valence-electron chi connectivity index (χ0n) is 25.8. The van der Waals surface area contributed by atoms with Crippen molar-refractivity contribution in [2.24, 2.45) is 0 Å². The summed E-state index contributed by atoms with van der Waals surface area (Å²) in [7, 11) is 0. The number of nitriles is 2. The standard InChI is InChI=1S/C44H26N4/c45-27-29-19-21-47-43(23-29)33-9-5-7-31(25-33)35-15-17-41(39-13-3-1-11-37(35)39)42-18-16-36(38-12-2-4-14-40(38)42)32-8-6-10-34(26-32)44-24-30(28-46)20-22-48-44/h1-26H. The molecular weight excluding hydrogens is 585 g/mol. The summed E-state index contributed by atoms with van der Waals surface area (Å²) in [6.07, 6.45) is 3.37. The summed E-state index contributed by atoms with van der Waals surface area (Å²) in [5.74, 6) is 0. The Morgan fingerprint density at radius 2 is 0.729 bits per heavy atom. The maximum absolute atomic E-state index is 9.40. The lowest BCUT2D eigenvalue weighted by Gasteiger charge is -2.16. The van der Waals surface area contributed by atoms with Crippen LogP contribution in [0.2, 0.25) is 0 Å². The molecule has 0 atom stereocenters. The van der Waals surface area contributed by atoms with Crippen molar-refractivity contribution in [2.45, 2.75) is 0 Å². The summed E-state index contributed by atoms with van der Waals surface area (Å²) in [4.78, 5) is 9.06. The van der Waals surface area contributed by atoms with Gasteiger partial charge in [0.2, 0.25) is 0 Å². The summed E-state index contributed by atoms with van der Waals surface area (Å²) in [6.45, 7) is 0. The van der Waals surface area contributed by atoms with Gasteiger partial charge in [0.25, 0.3) is 0 Å². The van der Waals surface area contributed by atoms with Crippen LogP contribution in [0, 0.1) is 22.7 Å². The van der Waals surface area contributed by atoms with Crippen molar-refractivity contribution in [1.29, 1.82) is 10.5 Å². The van der Waals surface area contributed by atoms with Crippen LogP contribution in [0.25, 0.3) is 77.4 Å². The number of aromatic nitrogens is 2. The molecule has 2 aromatic heterocycles.